The average Bonchev–Trinajstić information content (AvgIpc) is 3.69. The first-order valence-corrected chi connectivity index (χ1v) is 22.6. The van der Waals surface area contributed by atoms with Crippen molar-refractivity contribution in [2.45, 2.75) is 44.6 Å². The molecule has 3 aromatic heterocycles. The summed E-state index contributed by atoms with van der Waals surface area (Å²) < 4.78 is 58.7. The summed E-state index contributed by atoms with van der Waals surface area (Å²) in [6.45, 7) is 6.56. The second kappa shape index (κ2) is 17.0. The van der Waals surface area contributed by atoms with Gasteiger partial charge >= 0.3 is 10.2 Å². The first kappa shape index (κ1) is 42.9. The summed E-state index contributed by atoms with van der Waals surface area (Å²) in [7, 11) is -2.85. The van der Waals surface area contributed by atoms with Gasteiger partial charge in [-0.3, -0.25) is 34.1 Å². The second-order valence-electron chi connectivity index (χ2n) is 17.2. The normalized spacial score (nSPS) is 19.1. The van der Waals surface area contributed by atoms with Gasteiger partial charge in [0.15, 0.2) is 5.82 Å². The van der Waals surface area contributed by atoms with Crippen LogP contribution in [-0.2, 0) is 24.6 Å². The number of benzene rings is 2. The summed E-state index contributed by atoms with van der Waals surface area (Å²) in [5.41, 5.74) is 2.01. The number of nitrogens with zero attached hydrogens (tertiary/aromatic N) is 7. The Morgan fingerprint density at radius 1 is 0.938 bits per heavy atom. The summed E-state index contributed by atoms with van der Waals surface area (Å²) in [5, 5.41) is 5.90. The number of aromatic nitrogens is 4. The number of piperidine rings is 2. The Bertz CT molecular complexity index is 2750. The maximum Gasteiger partial charge on any atom is 0.301 e. The molecule has 3 amide bonds. The molecule has 0 saturated carbocycles. The lowest BCUT2D eigenvalue weighted by molar-refractivity contribution is -0.146. The first-order chi connectivity index (χ1) is 30.7. The van der Waals surface area contributed by atoms with Crippen LogP contribution >= 0.6 is 0 Å². The van der Waals surface area contributed by atoms with Gasteiger partial charge in [0, 0.05) is 104 Å². The molecule has 4 N–H and O–H groups in total. The number of ketones is 1. The maximum absolute atomic E-state index is 15.6. The molecule has 4 aliphatic heterocycles. The summed E-state index contributed by atoms with van der Waals surface area (Å²) in [6.07, 6.45) is 8.86. The summed E-state index contributed by atoms with van der Waals surface area (Å²) in [6, 6.07) is 11.1. The molecule has 4 saturated heterocycles. The van der Waals surface area contributed by atoms with Crippen molar-refractivity contribution in [3.8, 4) is 11.1 Å². The van der Waals surface area contributed by atoms with Crippen LogP contribution in [0.1, 0.15) is 60.0 Å². The molecule has 2 aromatic carbocycles. The summed E-state index contributed by atoms with van der Waals surface area (Å²) >= 11 is 0. The number of hydrogen-bond donors (Lipinski definition) is 4. The molecule has 0 bridgehead atoms. The van der Waals surface area contributed by atoms with Crippen molar-refractivity contribution in [1.29, 1.82) is 0 Å². The number of rotatable bonds is 13. The zero-order valence-corrected chi connectivity index (χ0v) is 36.1. The lowest BCUT2D eigenvalue weighted by Gasteiger charge is -2.60. The van der Waals surface area contributed by atoms with E-state index in [9.17, 15) is 27.6 Å². The third-order valence-corrected chi connectivity index (χ3v) is 14.4. The number of amides is 3. The van der Waals surface area contributed by atoms with E-state index in [1.165, 1.54) is 18.8 Å². The van der Waals surface area contributed by atoms with E-state index in [0.717, 1.165) is 61.1 Å². The van der Waals surface area contributed by atoms with Gasteiger partial charge in [0.1, 0.15) is 17.5 Å². The monoisotopic (exact) mass is 895 g/mol. The zero-order chi connectivity index (χ0) is 44.9. The zero-order valence-electron chi connectivity index (χ0n) is 35.2. The number of carbonyl (C=O) groups excluding carboxylic acids is 4. The Morgan fingerprint density at radius 3 is 2.33 bits per heavy atom. The number of fused-ring (bicyclic) bond motifs is 1. The summed E-state index contributed by atoms with van der Waals surface area (Å²) in [4.78, 5) is 73.1. The van der Waals surface area contributed by atoms with E-state index >= 15 is 8.78 Å². The van der Waals surface area contributed by atoms with Crippen LogP contribution in [0, 0.1) is 17.0 Å². The highest BCUT2D eigenvalue weighted by molar-refractivity contribution is 7.90. The van der Waals surface area contributed by atoms with Crippen LogP contribution in [-0.4, -0.2) is 131 Å². The van der Waals surface area contributed by atoms with Crippen molar-refractivity contribution < 1.29 is 36.4 Å². The molecule has 20 heteroatoms. The molecular formula is C44H47F2N11O6S. The van der Waals surface area contributed by atoms with Crippen LogP contribution in [0.4, 0.5) is 26.1 Å². The van der Waals surface area contributed by atoms with Gasteiger partial charge in [-0.05, 0) is 74.2 Å². The Balaban J connectivity index is 0.755. The van der Waals surface area contributed by atoms with Crippen LogP contribution in [0.5, 0.6) is 0 Å². The highest BCUT2D eigenvalue weighted by atomic mass is 32.2. The van der Waals surface area contributed by atoms with E-state index in [2.05, 4.69) is 57.2 Å². The van der Waals surface area contributed by atoms with E-state index in [1.54, 1.807) is 31.6 Å². The number of aromatic amines is 1. The van der Waals surface area contributed by atoms with E-state index in [0.29, 0.717) is 66.5 Å². The van der Waals surface area contributed by atoms with Gasteiger partial charge in [0.2, 0.25) is 29.5 Å². The van der Waals surface area contributed by atoms with Gasteiger partial charge < -0.3 is 20.1 Å². The van der Waals surface area contributed by atoms with Gasteiger partial charge in [-0.15, -0.1) is 0 Å². The van der Waals surface area contributed by atoms with Crippen LogP contribution in [0.2, 0.25) is 0 Å². The predicted octanol–water partition coefficient (Wildman–Crippen LogP) is 3.88. The Hall–Kier alpha value is -6.38. The second-order valence-corrected chi connectivity index (χ2v) is 18.9. The van der Waals surface area contributed by atoms with Crippen molar-refractivity contribution in [2.24, 2.45) is 5.41 Å². The lowest BCUT2D eigenvalue weighted by Crippen LogP contribution is -2.73. The van der Waals surface area contributed by atoms with Crippen LogP contribution < -0.4 is 20.3 Å². The fourth-order valence-corrected chi connectivity index (χ4v) is 9.92. The molecular weight excluding hydrogens is 849 g/mol. The number of likely N-dealkylation sites (tertiary alicyclic amines) is 2. The molecule has 7 heterocycles. The van der Waals surface area contributed by atoms with Crippen LogP contribution in [0.25, 0.3) is 22.2 Å². The minimum Gasteiger partial charge on any atom is -0.374 e. The fraction of sp³-hybridized carbons (Fsp3) is 0.386. The lowest BCUT2D eigenvalue weighted by atomic mass is 9.73. The molecule has 0 radical (unpaired) electrons. The molecule has 1 spiro atoms. The van der Waals surface area contributed by atoms with Gasteiger partial charge in [-0.1, -0.05) is 19.1 Å². The number of H-pyrrole nitrogens is 1. The van der Waals surface area contributed by atoms with Gasteiger partial charge in [-0.25, -0.2) is 23.7 Å². The SMILES string of the molecule is CCN(C)S(=O)(=O)Nc1ccc(F)c(C(=O)c2c[nH]c3ncc(-c4cnc(N5CC6(CN(C(=O)CN7CCC(c8ccc(NC9CCC(=O)NC9=O)cc8)CC7)C6)C5)nc4)cc23)c1F. The molecule has 5 aromatic rings. The van der Waals surface area contributed by atoms with Gasteiger partial charge in [0.25, 0.3) is 0 Å². The number of imide groups is 1. The molecule has 4 aliphatic rings. The van der Waals surface area contributed by atoms with Crippen molar-refractivity contribution in [2.75, 3.05) is 74.3 Å². The van der Waals surface area contributed by atoms with Crippen molar-refractivity contribution in [3.05, 3.63) is 95.6 Å². The molecule has 17 nitrogen and oxygen atoms in total. The minimum absolute atomic E-state index is 0.00470. The Morgan fingerprint density at radius 2 is 1.64 bits per heavy atom. The van der Waals surface area contributed by atoms with Crippen molar-refractivity contribution in [3.63, 3.8) is 0 Å². The smallest absolute Gasteiger partial charge is 0.301 e. The minimum atomic E-state index is -4.15. The average molecular weight is 896 g/mol. The molecule has 0 aliphatic carbocycles. The van der Waals surface area contributed by atoms with Crippen molar-refractivity contribution in [1.82, 2.24) is 39.4 Å². The van der Waals surface area contributed by atoms with E-state index in [1.807, 2.05) is 17.0 Å². The van der Waals surface area contributed by atoms with E-state index < -0.39 is 44.9 Å². The Kier molecular flexibility index (Phi) is 11.4. The third-order valence-electron chi connectivity index (χ3n) is 12.8. The molecule has 9 rings (SSSR count). The highest BCUT2D eigenvalue weighted by Crippen LogP contribution is 2.41. The maximum atomic E-state index is 15.6. The summed E-state index contributed by atoms with van der Waals surface area (Å²) in [5.74, 6) is -2.95. The number of halogens is 2. The number of carbonyl (C=O) groups is 4. The van der Waals surface area contributed by atoms with E-state index in [-0.39, 0.29) is 35.2 Å². The van der Waals surface area contributed by atoms with Gasteiger partial charge in [-0.2, -0.15) is 12.7 Å². The Labute approximate surface area is 367 Å². The molecule has 1 unspecified atom stereocenters. The topological polar surface area (TPSA) is 206 Å². The number of anilines is 3. The molecule has 334 valence electrons. The standard InChI is InChI=1S/C44H47F2N11O6S/c1-3-54(2)64(62,63)53-34-9-8-33(45)38(39(34)46)40(60)32-20-48-41-31(32)16-28(17-47-41)29-18-49-43(50-19-29)57-24-44(25-57)22-56(23-44)37(59)21-55-14-12-27(13-15-55)26-4-6-30(7-5-26)51-35-10-11-36(58)52-42(35)61/h4-9,16-20,27,35,51,53H,3,10-15,21-25H2,1-2H3,(H,47,48)(H,52,58,61). The number of hydrogen-bond acceptors (Lipinski definition) is 12. The molecule has 4 fully saturated rings. The van der Waals surface area contributed by atoms with E-state index in [4.69, 9.17) is 0 Å². The molecule has 1 atom stereocenters. The quantitative estimate of drug-likeness (QED) is 0.0982. The number of nitrogens with one attached hydrogen (secondary N) is 4. The largest absolute Gasteiger partial charge is 0.374 e. The van der Waals surface area contributed by atoms with Crippen LogP contribution in [0.3, 0.4) is 0 Å². The predicted molar refractivity (Wildman–Crippen MR) is 234 cm³/mol. The van der Waals surface area contributed by atoms with Crippen molar-refractivity contribution >= 4 is 62.1 Å². The first-order valence-electron chi connectivity index (χ1n) is 21.2. The van der Waals surface area contributed by atoms with Gasteiger partial charge in [0.05, 0.1) is 17.8 Å². The number of pyridine rings is 1. The fourth-order valence-electron chi connectivity index (χ4n) is 8.99. The molecule has 64 heavy (non-hydrogen) atoms. The third kappa shape index (κ3) is 8.39. The highest BCUT2D eigenvalue weighted by Gasteiger charge is 2.54. The van der Waals surface area contributed by atoms with Crippen LogP contribution in [0.15, 0.2) is 67.3 Å².